The van der Waals surface area contributed by atoms with Crippen molar-refractivity contribution in [3.63, 3.8) is 0 Å². The van der Waals surface area contributed by atoms with E-state index in [0.29, 0.717) is 11.9 Å². The van der Waals surface area contributed by atoms with Crippen molar-refractivity contribution in [2.45, 2.75) is 26.4 Å². The number of rotatable bonds is 3. The van der Waals surface area contributed by atoms with E-state index >= 15 is 0 Å². The Morgan fingerprint density at radius 1 is 1.35 bits per heavy atom. The first-order valence-corrected chi connectivity index (χ1v) is 6.99. The molecule has 3 heteroatoms. The topological polar surface area (TPSA) is 26.3 Å². The van der Waals surface area contributed by atoms with E-state index in [1.54, 1.807) is 0 Å². The highest BCUT2D eigenvalue weighted by atomic mass is 32.2. The first kappa shape index (κ1) is 12.7. The van der Waals surface area contributed by atoms with Crippen LogP contribution in [0.15, 0.2) is 30.3 Å². The van der Waals surface area contributed by atoms with Crippen LogP contribution in [0.2, 0.25) is 0 Å². The molecule has 1 aliphatic rings. The maximum Gasteiger partial charge on any atom is 0.197 e. The molecule has 0 saturated carbocycles. The summed E-state index contributed by atoms with van der Waals surface area (Å²) in [4.78, 5) is 12.0. The minimum Gasteiger partial charge on any atom is -0.366 e. The Balaban J connectivity index is 2.12. The van der Waals surface area contributed by atoms with Gasteiger partial charge in [0.2, 0.25) is 0 Å². The molecule has 1 aromatic rings. The maximum absolute atomic E-state index is 12.0. The van der Waals surface area contributed by atoms with Crippen LogP contribution in [0, 0.1) is 11.8 Å². The van der Waals surface area contributed by atoms with Crippen LogP contribution in [0.5, 0.6) is 0 Å². The molecule has 17 heavy (non-hydrogen) atoms. The van der Waals surface area contributed by atoms with E-state index in [0.717, 1.165) is 6.42 Å². The summed E-state index contributed by atoms with van der Waals surface area (Å²) in [7, 11) is 0. The second-order valence-corrected chi connectivity index (χ2v) is 5.68. The molecule has 1 heterocycles. The summed E-state index contributed by atoms with van der Waals surface area (Å²) in [5.74, 6) is 0.886. The van der Waals surface area contributed by atoms with Crippen LogP contribution in [-0.2, 0) is 16.0 Å². The van der Waals surface area contributed by atoms with Crippen LogP contribution >= 0.6 is 11.8 Å². The molecular formula is C14H18O2S. The van der Waals surface area contributed by atoms with Gasteiger partial charge in [-0.3, -0.25) is 4.79 Å². The molecule has 2 nitrogen and oxygen atoms in total. The number of hydrogen-bond acceptors (Lipinski definition) is 3. The highest BCUT2D eigenvalue weighted by Crippen LogP contribution is 2.31. The lowest BCUT2D eigenvalue weighted by atomic mass is 9.88. The van der Waals surface area contributed by atoms with Crippen LogP contribution in [0.1, 0.15) is 19.4 Å². The zero-order valence-electron chi connectivity index (χ0n) is 10.3. The molecule has 0 amide bonds. The summed E-state index contributed by atoms with van der Waals surface area (Å²) in [6.45, 7) is 4.23. The van der Waals surface area contributed by atoms with Crippen molar-refractivity contribution in [2.75, 3.05) is 5.94 Å². The van der Waals surface area contributed by atoms with Gasteiger partial charge in [-0.2, -0.15) is 0 Å². The molecule has 1 aliphatic heterocycles. The number of benzene rings is 1. The number of thioether (sulfide) groups is 1. The molecule has 0 spiro atoms. The SMILES string of the molecule is CC(C)[C@@H]1OCSC(=O)[C@H]1Cc1ccccc1. The molecule has 92 valence electrons. The fraction of sp³-hybridized carbons (Fsp3) is 0.500. The van der Waals surface area contributed by atoms with Gasteiger partial charge in [-0.05, 0) is 17.9 Å². The maximum atomic E-state index is 12.0. The number of ether oxygens (including phenoxy) is 1. The molecule has 1 saturated heterocycles. The van der Waals surface area contributed by atoms with Crippen molar-refractivity contribution >= 4 is 16.9 Å². The monoisotopic (exact) mass is 250 g/mol. The second-order valence-electron chi connectivity index (χ2n) is 4.75. The van der Waals surface area contributed by atoms with Gasteiger partial charge >= 0.3 is 0 Å². The van der Waals surface area contributed by atoms with E-state index < -0.39 is 0 Å². The van der Waals surface area contributed by atoms with Crippen LogP contribution in [-0.4, -0.2) is 17.2 Å². The van der Waals surface area contributed by atoms with Crippen molar-refractivity contribution in [3.05, 3.63) is 35.9 Å². The Morgan fingerprint density at radius 3 is 2.71 bits per heavy atom. The Hall–Kier alpha value is -0.800. The van der Waals surface area contributed by atoms with Gasteiger partial charge in [-0.25, -0.2) is 0 Å². The van der Waals surface area contributed by atoms with Gasteiger partial charge < -0.3 is 4.74 Å². The highest BCUT2D eigenvalue weighted by molar-refractivity contribution is 8.13. The average molecular weight is 250 g/mol. The van der Waals surface area contributed by atoms with Gasteiger partial charge in [0.15, 0.2) is 5.12 Å². The van der Waals surface area contributed by atoms with E-state index in [9.17, 15) is 4.79 Å². The van der Waals surface area contributed by atoms with Crippen molar-refractivity contribution in [3.8, 4) is 0 Å². The van der Waals surface area contributed by atoms with E-state index in [2.05, 4.69) is 26.0 Å². The van der Waals surface area contributed by atoms with Crippen LogP contribution in [0.25, 0.3) is 0 Å². The normalized spacial score (nSPS) is 25.2. The molecule has 2 atom stereocenters. The van der Waals surface area contributed by atoms with Crippen LogP contribution in [0.4, 0.5) is 0 Å². The van der Waals surface area contributed by atoms with Gasteiger partial charge in [-0.15, -0.1) is 0 Å². The molecule has 0 aliphatic carbocycles. The van der Waals surface area contributed by atoms with E-state index in [-0.39, 0.29) is 17.1 Å². The summed E-state index contributed by atoms with van der Waals surface area (Å²) in [6, 6.07) is 10.2. The Kier molecular flexibility index (Phi) is 4.24. The summed E-state index contributed by atoms with van der Waals surface area (Å²) in [6.07, 6.45) is 0.846. The predicted molar refractivity (Wildman–Crippen MR) is 70.8 cm³/mol. The lowest BCUT2D eigenvalue weighted by Gasteiger charge is -2.32. The second kappa shape index (κ2) is 5.69. The zero-order valence-corrected chi connectivity index (χ0v) is 11.1. The lowest BCUT2D eigenvalue weighted by Crippen LogP contribution is -2.38. The molecule has 1 fully saturated rings. The molecule has 0 aromatic heterocycles. The van der Waals surface area contributed by atoms with Gasteiger partial charge in [-0.1, -0.05) is 55.9 Å². The van der Waals surface area contributed by atoms with E-state index in [4.69, 9.17) is 4.74 Å². The van der Waals surface area contributed by atoms with Gasteiger partial charge in [0, 0.05) is 0 Å². The number of hydrogen-bond donors (Lipinski definition) is 0. The Labute approximate surface area is 107 Å². The quantitative estimate of drug-likeness (QED) is 0.824. The molecule has 0 N–H and O–H groups in total. The zero-order chi connectivity index (χ0) is 12.3. The molecule has 2 rings (SSSR count). The number of carbonyl (C=O) groups excluding carboxylic acids is 1. The molecule has 0 unspecified atom stereocenters. The molecular weight excluding hydrogens is 232 g/mol. The molecule has 0 radical (unpaired) electrons. The van der Waals surface area contributed by atoms with Crippen molar-refractivity contribution in [1.29, 1.82) is 0 Å². The Bertz CT molecular complexity index is 375. The fourth-order valence-corrected chi connectivity index (χ4v) is 3.03. The minimum atomic E-state index is -0.00356. The standard InChI is InChI=1S/C14H18O2S/c1-10(2)13-12(14(15)17-9-16-13)8-11-6-4-3-5-7-11/h3-7,10,12-13H,8-9H2,1-2H3/t12-,13-/m0/s1. The third-order valence-electron chi connectivity index (χ3n) is 3.12. The minimum absolute atomic E-state index is 0.00356. The summed E-state index contributed by atoms with van der Waals surface area (Å²) >= 11 is 1.31. The first-order valence-electron chi connectivity index (χ1n) is 6.00. The smallest absolute Gasteiger partial charge is 0.197 e. The summed E-state index contributed by atoms with van der Waals surface area (Å²) in [5, 5.41) is 0.277. The largest absolute Gasteiger partial charge is 0.366 e. The van der Waals surface area contributed by atoms with Gasteiger partial charge in [0.1, 0.15) is 0 Å². The summed E-state index contributed by atoms with van der Waals surface area (Å²) in [5.41, 5.74) is 1.21. The van der Waals surface area contributed by atoms with Crippen LogP contribution < -0.4 is 0 Å². The third-order valence-corrected chi connectivity index (χ3v) is 3.96. The van der Waals surface area contributed by atoms with Crippen molar-refractivity contribution < 1.29 is 9.53 Å². The van der Waals surface area contributed by atoms with Crippen molar-refractivity contribution in [1.82, 2.24) is 0 Å². The molecule has 0 bridgehead atoms. The van der Waals surface area contributed by atoms with Crippen LogP contribution in [0.3, 0.4) is 0 Å². The first-order chi connectivity index (χ1) is 8.18. The highest BCUT2D eigenvalue weighted by Gasteiger charge is 2.35. The van der Waals surface area contributed by atoms with Gasteiger partial charge in [0.05, 0.1) is 18.0 Å². The third kappa shape index (κ3) is 3.11. The predicted octanol–water partition coefficient (Wildman–Crippen LogP) is 3.12. The molecule has 1 aromatic carbocycles. The van der Waals surface area contributed by atoms with Gasteiger partial charge in [0.25, 0.3) is 0 Å². The van der Waals surface area contributed by atoms with Crippen molar-refractivity contribution in [2.24, 2.45) is 11.8 Å². The van der Waals surface area contributed by atoms with E-state index in [1.165, 1.54) is 17.3 Å². The lowest BCUT2D eigenvalue weighted by molar-refractivity contribution is -0.122. The fourth-order valence-electron chi connectivity index (χ4n) is 2.25. The number of carbonyl (C=O) groups is 1. The average Bonchev–Trinajstić information content (AvgIpc) is 2.33. The Morgan fingerprint density at radius 2 is 2.06 bits per heavy atom. The summed E-state index contributed by atoms with van der Waals surface area (Å²) < 4.78 is 5.74. The van der Waals surface area contributed by atoms with E-state index in [1.807, 2.05) is 18.2 Å².